The van der Waals surface area contributed by atoms with Crippen molar-refractivity contribution in [2.24, 2.45) is 0 Å². The fraction of sp³-hybridized carbons (Fsp3) is 0.125. The van der Waals surface area contributed by atoms with Gasteiger partial charge in [-0.15, -0.1) is 10.2 Å². The summed E-state index contributed by atoms with van der Waals surface area (Å²) in [6.07, 6.45) is -2.99. The Hall–Kier alpha value is -3.08. The Kier molecular flexibility index (Phi) is 5.31. The number of halogens is 3. The van der Waals surface area contributed by atoms with E-state index in [4.69, 9.17) is 5.84 Å². The molecule has 0 aliphatic carbocycles. The van der Waals surface area contributed by atoms with Crippen LogP contribution in [0, 0.1) is 0 Å². The van der Waals surface area contributed by atoms with Crippen LogP contribution in [-0.4, -0.2) is 31.5 Å². The Labute approximate surface area is 155 Å². The van der Waals surface area contributed by atoms with Crippen LogP contribution < -0.4 is 11.2 Å². The summed E-state index contributed by atoms with van der Waals surface area (Å²) < 4.78 is 40.1. The SMILES string of the molecule is Nn1c(SCC(=O)Nc2ccccc2C(F)(F)F)nnc1-c1ccccn1. The lowest BCUT2D eigenvalue weighted by atomic mass is 10.1. The predicted molar refractivity (Wildman–Crippen MR) is 94.2 cm³/mol. The van der Waals surface area contributed by atoms with Gasteiger partial charge in [0.1, 0.15) is 5.69 Å². The van der Waals surface area contributed by atoms with E-state index in [0.29, 0.717) is 11.5 Å². The number of nitrogens with two attached hydrogens (primary N) is 1. The monoisotopic (exact) mass is 394 g/mol. The van der Waals surface area contributed by atoms with Crippen molar-refractivity contribution in [3.8, 4) is 11.5 Å². The van der Waals surface area contributed by atoms with Crippen LogP contribution in [-0.2, 0) is 11.0 Å². The van der Waals surface area contributed by atoms with Gasteiger partial charge in [0.2, 0.25) is 16.9 Å². The first-order chi connectivity index (χ1) is 12.9. The number of benzene rings is 1. The van der Waals surface area contributed by atoms with Crippen LogP contribution in [0.5, 0.6) is 0 Å². The number of pyridine rings is 1. The third-order valence-electron chi connectivity index (χ3n) is 3.40. The maximum Gasteiger partial charge on any atom is 0.418 e. The van der Waals surface area contributed by atoms with E-state index < -0.39 is 17.6 Å². The van der Waals surface area contributed by atoms with Gasteiger partial charge in [-0.25, -0.2) is 4.68 Å². The molecular weight excluding hydrogens is 381 g/mol. The highest BCUT2D eigenvalue weighted by atomic mass is 32.2. The lowest BCUT2D eigenvalue weighted by Crippen LogP contribution is -2.19. The number of nitrogens with one attached hydrogen (secondary N) is 1. The Morgan fingerprint density at radius 2 is 1.89 bits per heavy atom. The van der Waals surface area contributed by atoms with Gasteiger partial charge >= 0.3 is 6.18 Å². The second kappa shape index (κ2) is 7.66. The van der Waals surface area contributed by atoms with Crippen LogP contribution in [0.2, 0.25) is 0 Å². The van der Waals surface area contributed by atoms with Gasteiger partial charge in [-0.1, -0.05) is 30.0 Å². The molecule has 3 aromatic rings. The minimum Gasteiger partial charge on any atom is -0.335 e. The number of nitrogen functional groups attached to an aromatic ring is 1. The number of aromatic nitrogens is 4. The summed E-state index contributed by atoms with van der Waals surface area (Å²) >= 11 is 0.947. The molecule has 0 aliphatic rings. The van der Waals surface area contributed by atoms with Crippen LogP contribution in [0.15, 0.2) is 53.8 Å². The number of carbonyl (C=O) groups excluding carboxylic acids is 1. The van der Waals surface area contributed by atoms with Crippen LogP contribution >= 0.6 is 11.8 Å². The number of hydrogen-bond donors (Lipinski definition) is 2. The molecule has 1 aromatic carbocycles. The Morgan fingerprint density at radius 3 is 2.59 bits per heavy atom. The van der Waals surface area contributed by atoms with Gasteiger partial charge in [-0.3, -0.25) is 9.78 Å². The zero-order valence-electron chi connectivity index (χ0n) is 13.6. The second-order valence-electron chi connectivity index (χ2n) is 5.27. The van der Waals surface area contributed by atoms with Gasteiger partial charge < -0.3 is 11.2 Å². The predicted octanol–water partition coefficient (Wildman–Crippen LogP) is 2.80. The van der Waals surface area contributed by atoms with E-state index in [1.165, 1.54) is 22.9 Å². The highest BCUT2D eigenvalue weighted by molar-refractivity contribution is 7.99. The topological polar surface area (TPSA) is 98.7 Å². The molecule has 0 spiro atoms. The average Bonchev–Trinajstić information content (AvgIpc) is 3.01. The number of rotatable bonds is 5. The van der Waals surface area contributed by atoms with Crippen molar-refractivity contribution < 1.29 is 18.0 Å². The number of carbonyl (C=O) groups is 1. The molecule has 2 heterocycles. The minimum absolute atomic E-state index is 0.191. The van der Waals surface area contributed by atoms with E-state index in [0.717, 1.165) is 17.8 Å². The molecule has 0 fully saturated rings. The third-order valence-corrected chi connectivity index (χ3v) is 4.34. The van der Waals surface area contributed by atoms with Gasteiger partial charge in [-0.2, -0.15) is 13.2 Å². The molecule has 3 N–H and O–H groups in total. The van der Waals surface area contributed by atoms with Crippen molar-refractivity contribution in [1.29, 1.82) is 0 Å². The van der Waals surface area contributed by atoms with Gasteiger partial charge in [0.15, 0.2) is 0 Å². The van der Waals surface area contributed by atoms with E-state index >= 15 is 0 Å². The normalized spacial score (nSPS) is 11.4. The average molecular weight is 394 g/mol. The van der Waals surface area contributed by atoms with E-state index in [2.05, 4.69) is 20.5 Å². The maximum absolute atomic E-state index is 13.0. The summed E-state index contributed by atoms with van der Waals surface area (Å²) in [4.78, 5) is 16.2. The molecule has 2 aromatic heterocycles. The molecule has 1 amide bonds. The fourth-order valence-corrected chi connectivity index (χ4v) is 2.86. The van der Waals surface area contributed by atoms with Gasteiger partial charge in [0, 0.05) is 6.20 Å². The number of hydrogen-bond acceptors (Lipinski definition) is 6. The number of thioether (sulfide) groups is 1. The van der Waals surface area contributed by atoms with Crippen molar-refractivity contribution in [1.82, 2.24) is 19.9 Å². The lowest BCUT2D eigenvalue weighted by Gasteiger charge is -2.13. The van der Waals surface area contributed by atoms with Crippen LogP contribution in [0.3, 0.4) is 0 Å². The summed E-state index contributed by atoms with van der Waals surface area (Å²) in [6.45, 7) is 0. The largest absolute Gasteiger partial charge is 0.418 e. The molecule has 0 radical (unpaired) electrons. The summed E-state index contributed by atoms with van der Waals surface area (Å²) in [5.74, 6) is 5.40. The number of anilines is 1. The standard InChI is InChI=1S/C16H13F3N6OS/c17-16(18,19)10-5-1-2-6-11(10)22-13(26)9-27-15-24-23-14(25(15)20)12-7-3-4-8-21-12/h1-8H,9,20H2,(H,22,26). The van der Waals surface area contributed by atoms with E-state index in [1.807, 2.05) is 0 Å². The third kappa shape index (κ3) is 4.37. The van der Waals surface area contributed by atoms with Crippen LogP contribution in [0.25, 0.3) is 11.5 Å². The van der Waals surface area contributed by atoms with Crippen molar-refractivity contribution in [2.75, 3.05) is 16.9 Å². The zero-order chi connectivity index (χ0) is 19.4. The van der Waals surface area contributed by atoms with E-state index in [-0.39, 0.29) is 16.6 Å². The summed E-state index contributed by atoms with van der Waals surface area (Å²) in [6, 6.07) is 9.95. The van der Waals surface area contributed by atoms with Crippen LogP contribution in [0.1, 0.15) is 5.56 Å². The first kappa shape index (κ1) is 18.7. The smallest absolute Gasteiger partial charge is 0.335 e. The minimum atomic E-state index is -4.56. The van der Waals surface area contributed by atoms with Gasteiger partial charge in [0.05, 0.1) is 17.0 Å². The first-order valence-corrected chi connectivity index (χ1v) is 8.55. The lowest BCUT2D eigenvalue weighted by molar-refractivity contribution is -0.137. The molecule has 0 saturated heterocycles. The van der Waals surface area contributed by atoms with Crippen molar-refractivity contribution >= 4 is 23.4 Å². The number of nitrogens with zero attached hydrogens (tertiary/aromatic N) is 4. The molecule has 3 rings (SSSR count). The Balaban J connectivity index is 1.67. The van der Waals surface area contributed by atoms with Gasteiger partial charge in [0.25, 0.3) is 0 Å². The van der Waals surface area contributed by atoms with Crippen molar-refractivity contribution in [2.45, 2.75) is 11.3 Å². The highest BCUT2D eigenvalue weighted by Crippen LogP contribution is 2.34. The fourth-order valence-electron chi connectivity index (χ4n) is 2.20. The van der Waals surface area contributed by atoms with Crippen molar-refractivity contribution in [3.05, 3.63) is 54.2 Å². The Morgan fingerprint density at radius 1 is 1.15 bits per heavy atom. The molecule has 140 valence electrons. The quantitative estimate of drug-likeness (QED) is 0.510. The molecule has 27 heavy (non-hydrogen) atoms. The summed E-state index contributed by atoms with van der Waals surface area (Å²) in [7, 11) is 0. The summed E-state index contributed by atoms with van der Waals surface area (Å²) in [5, 5.41) is 10.3. The zero-order valence-corrected chi connectivity index (χ0v) is 14.5. The van der Waals surface area contributed by atoms with E-state index in [9.17, 15) is 18.0 Å². The Bertz CT molecular complexity index is 945. The molecule has 11 heteroatoms. The highest BCUT2D eigenvalue weighted by Gasteiger charge is 2.33. The molecule has 0 atom stereocenters. The number of para-hydroxylation sites is 1. The second-order valence-corrected chi connectivity index (χ2v) is 6.21. The number of alkyl halides is 3. The molecule has 0 bridgehead atoms. The molecule has 0 saturated carbocycles. The molecule has 0 unspecified atom stereocenters. The first-order valence-electron chi connectivity index (χ1n) is 7.57. The molecule has 7 nitrogen and oxygen atoms in total. The summed E-state index contributed by atoms with van der Waals surface area (Å²) in [5.41, 5.74) is -0.718. The van der Waals surface area contributed by atoms with Crippen LogP contribution in [0.4, 0.5) is 18.9 Å². The molecular formula is C16H13F3N6OS. The van der Waals surface area contributed by atoms with E-state index in [1.54, 1.807) is 24.4 Å². The molecule has 0 aliphatic heterocycles. The van der Waals surface area contributed by atoms with Crippen molar-refractivity contribution in [3.63, 3.8) is 0 Å². The maximum atomic E-state index is 13.0. The number of amides is 1. The van der Waals surface area contributed by atoms with Gasteiger partial charge in [-0.05, 0) is 24.3 Å².